The van der Waals surface area contributed by atoms with E-state index in [1.807, 2.05) is 18.7 Å². The van der Waals surface area contributed by atoms with Crippen molar-refractivity contribution in [1.82, 2.24) is 10.2 Å². The maximum absolute atomic E-state index is 12.5. The first-order valence-electron chi connectivity index (χ1n) is 9.16. The Morgan fingerprint density at radius 3 is 2.46 bits per heavy atom. The van der Waals surface area contributed by atoms with Crippen molar-refractivity contribution < 1.29 is 19.5 Å². The van der Waals surface area contributed by atoms with Crippen LogP contribution in [-0.2, 0) is 14.4 Å². The largest absolute Gasteiger partial charge is 0.480 e. The molecule has 24 heavy (non-hydrogen) atoms. The zero-order chi connectivity index (χ0) is 17.9. The van der Waals surface area contributed by atoms with Crippen LogP contribution in [-0.4, -0.2) is 46.4 Å². The number of hydrogen-bond acceptors (Lipinski definition) is 3. The van der Waals surface area contributed by atoms with Gasteiger partial charge in [0, 0.05) is 19.0 Å². The highest BCUT2D eigenvalue weighted by Gasteiger charge is 2.40. The van der Waals surface area contributed by atoms with Gasteiger partial charge in [0.05, 0.1) is 5.92 Å². The van der Waals surface area contributed by atoms with Crippen molar-refractivity contribution in [3.63, 3.8) is 0 Å². The second-order valence-electron chi connectivity index (χ2n) is 7.57. The van der Waals surface area contributed by atoms with Crippen LogP contribution in [0.5, 0.6) is 0 Å². The molecule has 0 spiro atoms. The Labute approximate surface area is 144 Å². The van der Waals surface area contributed by atoms with Crippen molar-refractivity contribution in [3.8, 4) is 0 Å². The van der Waals surface area contributed by atoms with Gasteiger partial charge >= 0.3 is 5.97 Å². The number of aliphatic carboxylic acids is 1. The van der Waals surface area contributed by atoms with E-state index in [1.54, 1.807) is 0 Å². The van der Waals surface area contributed by atoms with E-state index < -0.39 is 17.9 Å². The zero-order valence-electron chi connectivity index (χ0n) is 15.0. The van der Waals surface area contributed by atoms with Gasteiger partial charge in [-0.15, -0.1) is 0 Å². The van der Waals surface area contributed by atoms with E-state index in [2.05, 4.69) is 12.2 Å². The van der Waals surface area contributed by atoms with Crippen LogP contribution in [0.15, 0.2) is 0 Å². The molecule has 1 saturated carbocycles. The van der Waals surface area contributed by atoms with Crippen LogP contribution in [0.3, 0.4) is 0 Å². The lowest BCUT2D eigenvalue weighted by molar-refractivity contribution is -0.144. The third-order valence-corrected chi connectivity index (χ3v) is 5.73. The maximum Gasteiger partial charge on any atom is 0.326 e. The van der Waals surface area contributed by atoms with Gasteiger partial charge in [-0.05, 0) is 37.5 Å². The van der Waals surface area contributed by atoms with Gasteiger partial charge in [0.2, 0.25) is 11.8 Å². The molecular formula is C18H30N2O4. The normalized spacial score (nSPS) is 30.0. The molecule has 136 valence electrons. The molecule has 0 aromatic heterocycles. The third-order valence-electron chi connectivity index (χ3n) is 5.73. The summed E-state index contributed by atoms with van der Waals surface area (Å²) in [6.07, 6.45) is 5.14. The number of nitrogens with zero attached hydrogens (tertiary/aromatic N) is 1. The predicted molar refractivity (Wildman–Crippen MR) is 90.3 cm³/mol. The summed E-state index contributed by atoms with van der Waals surface area (Å²) in [5.74, 6) is -1.14. The second-order valence-corrected chi connectivity index (χ2v) is 7.57. The lowest BCUT2D eigenvalue weighted by Crippen LogP contribution is -2.48. The molecule has 0 aromatic carbocycles. The van der Waals surface area contributed by atoms with Crippen LogP contribution in [0.4, 0.5) is 0 Å². The highest BCUT2D eigenvalue weighted by atomic mass is 16.4. The number of carboxylic acids is 1. The third kappa shape index (κ3) is 4.28. The molecule has 1 saturated heterocycles. The summed E-state index contributed by atoms with van der Waals surface area (Å²) in [5, 5.41) is 11.9. The average Bonchev–Trinajstić information content (AvgIpc) is 2.94. The Bertz CT molecular complexity index is 485. The molecule has 2 N–H and O–H groups in total. The first-order chi connectivity index (χ1) is 11.3. The zero-order valence-corrected chi connectivity index (χ0v) is 15.0. The predicted octanol–water partition coefficient (Wildman–Crippen LogP) is 2.03. The average molecular weight is 338 g/mol. The molecule has 3 unspecified atom stereocenters. The lowest BCUT2D eigenvalue weighted by atomic mass is 9.86. The molecule has 1 aliphatic heterocycles. The van der Waals surface area contributed by atoms with Gasteiger partial charge in [0.15, 0.2) is 0 Å². The molecule has 3 atom stereocenters. The SMILES string of the molecule is CCC(C)C(NC(=O)C1CC(=O)N(C2CCC(C)CC2)C1)C(=O)O. The topological polar surface area (TPSA) is 86.7 Å². The standard InChI is InChI=1S/C18H30N2O4/c1-4-12(3)16(18(23)24)19-17(22)13-9-15(21)20(10-13)14-7-5-11(2)6-8-14/h11-14,16H,4-10H2,1-3H3,(H,19,22)(H,23,24). The molecule has 1 aliphatic carbocycles. The van der Waals surface area contributed by atoms with E-state index in [-0.39, 0.29) is 30.2 Å². The molecule has 1 heterocycles. The van der Waals surface area contributed by atoms with Crippen LogP contribution >= 0.6 is 0 Å². The van der Waals surface area contributed by atoms with Crippen LogP contribution in [0.2, 0.25) is 0 Å². The Kier molecular flexibility index (Phi) is 6.24. The Morgan fingerprint density at radius 2 is 1.92 bits per heavy atom. The van der Waals surface area contributed by atoms with Gasteiger partial charge < -0.3 is 15.3 Å². The number of carbonyl (C=O) groups is 3. The number of likely N-dealkylation sites (tertiary alicyclic amines) is 1. The quantitative estimate of drug-likeness (QED) is 0.776. The summed E-state index contributed by atoms with van der Waals surface area (Å²) in [7, 11) is 0. The van der Waals surface area contributed by atoms with E-state index in [9.17, 15) is 19.5 Å². The highest BCUT2D eigenvalue weighted by molar-refractivity contribution is 5.91. The van der Waals surface area contributed by atoms with E-state index in [0.29, 0.717) is 18.9 Å². The van der Waals surface area contributed by atoms with Crippen molar-refractivity contribution >= 4 is 17.8 Å². The summed E-state index contributed by atoms with van der Waals surface area (Å²) in [4.78, 5) is 38.0. The van der Waals surface area contributed by atoms with Crippen molar-refractivity contribution in [2.24, 2.45) is 17.8 Å². The second kappa shape index (κ2) is 7.99. The first-order valence-corrected chi connectivity index (χ1v) is 9.16. The van der Waals surface area contributed by atoms with Crippen LogP contribution in [0.25, 0.3) is 0 Å². The summed E-state index contributed by atoms with van der Waals surface area (Å²) >= 11 is 0. The highest BCUT2D eigenvalue weighted by Crippen LogP contribution is 2.31. The van der Waals surface area contributed by atoms with Crippen LogP contribution in [0, 0.1) is 17.8 Å². The van der Waals surface area contributed by atoms with E-state index in [4.69, 9.17) is 0 Å². The fraction of sp³-hybridized carbons (Fsp3) is 0.833. The maximum atomic E-state index is 12.5. The molecule has 2 rings (SSSR count). The molecule has 2 aliphatic rings. The van der Waals surface area contributed by atoms with E-state index in [0.717, 1.165) is 25.7 Å². The molecule has 2 fully saturated rings. The van der Waals surface area contributed by atoms with Gasteiger partial charge in [-0.25, -0.2) is 4.79 Å². The first kappa shape index (κ1) is 18.7. The minimum atomic E-state index is -1.01. The molecule has 0 aromatic rings. The molecule has 0 radical (unpaired) electrons. The Morgan fingerprint density at radius 1 is 1.29 bits per heavy atom. The number of hydrogen-bond donors (Lipinski definition) is 2. The van der Waals surface area contributed by atoms with Crippen molar-refractivity contribution in [2.45, 2.75) is 71.4 Å². The Balaban J connectivity index is 1.94. The number of rotatable bonds is 6. The molecule has 2 amide bonds. The number of nitrogens with one attached hydrogen (secondary N) is 1. The van der Waals surface area contributed by atoms with Gasteiger partial charge in [0.25, 0.3) is 0 Å². The smallest absolute Gasteiger partial charge is 0.326 e. The number of amides is 2. The molecular weight excluding hydrogens is 308 g/mol. The van der Waals surface area contributed by atoms with Crippen LogP contribution < -0.4 is 5.32 Å². The minimum absolute atomic E-state index is 0.0325. The van der Waals surface area contributed by atoms with Crippen molar-refractivity contribution in [2.75, 3.05) is 6.54 Å². The molecule has 0 bridgehead atoms. The van der Waals surface area contributed by atoms with Gasteiger partial charge in [-0.1, -0.05) is 27.2 Å². The fourth-order valence-electron chi connectivity index (χ4n) is 3.77. The molecule has 6 nitrogen and oxygen atoms in total. The summed E-state index contributed by atoms with van der Waals surface area (Å²) in [6.45, 7) is 6.38. The summed E-state index contributed by atoms with van der Waals surface area (Å²) < 4.78 is 0. The van der Waals surface area contributed by atoms with E-state index >= 15 is 0 Å². The van der Waals surface area contributed by atoms with Crippen molar-refractivity contribution in [3.05, 3.63) is 0 Å². The lowest BCUT2D eigenvalue weighted by Gasteiger charge is -2.33. The summed E-state index contributed by atoms with van der Waals surface area (Å²) in [6, 6.07) is -0.640. The van der Waals surface area contributed by atoms with E-state index in [1.165, 1.54) is 0 Å². The minimum Gasteiger partial charge on any atom is -0.480 e. The van der Waals surface area contributed by atoms with Gasteiger partial charge in [0.1, 0.15) is 6.04 Å². The van der Waals surface area contributed by atoms with Gasteiger partial charge in [-0.3, -0.25) is 9.59 Å². The molecule has 6 heteroatoms. The van der Waals surface area contributed by atoms with Gasteiger partial charge in [-0.2, -0.15) is 0 Å². The Hall–Kier alpha value is -1.59. The summed E-state index contributed by atoms with van der Waals surface area (Å²) in [5.41, 5.74) is 0. The van der Waals surface area contributed by atoms with Crippen LogP contribution in [0.1, 0.15) is 59.3 Å². The number of carboxylic acid groups (broad SMARTS) is 1. The number of carbonyl (C=O) groups excluding carboxylic acids is 2. The monoisotopic (exact) mass is 338 g/mol. The van der Waals surface area contributed by atoms with Crippen molar-refractivity contribution in [1.29, 1.82) is 0 Å². The fourth-order valence-corrected chi connectivity index (χ4v) is 3.77.